The molecule has 0 aliphatic carbocycles. The fourth-order valence-electron chi connectivity index (χ4n) is 4.20. The monoisotopic (exact) mass is 422 g/mol. The number of pyridine rings is 1. The van der Waals surface area contributed by atoms with Gasteiger partial charge in [-0.1, -0.05) is 12.1 Å². The number of aryl methyl sites for hydroxylation is 2. The van der Waals surface area contributed by atoms with Crippen LogP contribution >= 0.6 is 0 Å². The number of rotatable bonds is 4. The van der Waals surface area contributed by atoms with E-state index in [1.807, 2.05) is 25.3 Å². The smallest absolute Gasteiger partial charge is 0.322 e. The molecule has 2 saturated heterocycles. The molecule has 2 fully saturated rings. The molecular weight excluding hydrogens is 396 g/mol. The number of nitrogens with zero attached hydrogens (tertiary/aromatic N) is 1. The number of imide groups is 1. The summed E-state index contributed by atoms with van der Waals surface area (Å²) in [6, 6.07) is 6.31. The van der Waals surface area contributed by atoms with Gasteiger partial charge in [-0.15, -0.1) is 0 Å². The van der Waals surface area contributed by atoms with Crippen molar-refractivity contribution in [2.45, 2.75) is 45.2 Å². The molecule has 8 nitrogen and oxygen atoms in total. The summed E-state index contributed by atoms with van der Waals surface area (Å²) in [6.07, 6.45) is 3.08. The number of ether oxygens (including phenoxy) is 1. The van der Waals surface area contributed by atoms with Crippen LogP contribution in [-0.2, 0) is 16.0 Å². The van der Waals surface area contributed by atoms with E-state index in [9.17, 15) is 14.4 Å². The fourth-order valence-corrected chi connectivity index (χ4v) is 4.20. The molecule has 2 aliphatic rings. The zero-order valence-corrected chi connectivity index (χ0v) is 17.9. The highest BCUT2D eigenvalue weighted by molar-refractivity contribution is 6.08. The van der Waals surface area contributed by atoms with E-state index in [0.29, 0.717) is 18.6 Å². The lowest BCUT2D eigenvalue weighted by Crippen LogP contribution is -2.67. The van der Waals surface area contributed by atoms with E-state index in [4.69, 9.17) is 4.74 Å². The Morgan fingerprint density at radius 2 is 1.97 bits per heavy atom. The Labute approximate surface area is 180 Å². The lowest BCUT2D eigenvalue weighted by atomic mass is 9.86. The molecule has 1 spiro atoms. The third-order valence-corrected chi connectivity index (χ3v) is 6.27. The molecule has 2 aliphatic heterocycles. The number of urea groups is 1. The van der Waals surface area contributed by atoms with Crippen LogP contribution in [0.2, 0.25) is 0 Å². The summed E-state index contributed by atoms with van der Waals surface area (Å²) < 4.78 is 5.41. The van der Waals surface area contributed by atoms with Crippen LogP contribution in [0.1, 0.15) is 44.7 Å². The van der Waals surface area contributed by atoms with Gasteiger partial charge in [-0.05, 0) is 68.0 Å². The molecule has 2 unspecified atom stereocenters. The summed E-state index contributed by atoms with van der Waals surface area (Å²) in [5, 5.41) is 7.78. The van der Waals surface area contributed by atoms with Crippen molar-refractivity contribution in [3.8, 4) is 0 Å². The maximum atomic E-state index is 12.9. The van der Waals surface area contributed by atoms with Crippen molar-refractivity contribution in [3.05, 3.63) is 64.0 Å². The van der Waals surface area contributed by atoms with Crippen LogP contribution in [0.25, 0.3) is 0 Å². The second-order valence-electron chi connectivity index (χ2n) is 8.25. The maximum absolute atomic E-state index is 12.9. The molecule has 8 heteroatoms. The highest BCUT2D eigenvalue weighted by atomic mass is 16.5. The molecule has 2 aromatic rings. The quantitative estimate of drug-likeness (QED) is 0.650. The van der Waals surface area contributed by atoms with Gasteiger partial charge >= 0.3 is 6.03 Å². The largest absolute Gasteiger partial charge is 0.378 e. The molecule has 3 N–H and O–H groups in total. The third-order valence-electron chi connectivity index (χ3n) is 6.27. The third kappa shape index (κ3) is 3.90. The summed E-state index contributed by atoms with van der Waals surface area (Å²) >= 11 is 0. The first kappa shape index (κ1) is 21.0. The predicted molar refractivity (Wildman–Crippen MR) is 114 cm³/mol. The van der Waals surface area contributed by atoms with Gasteiger partial charge in [0.1, 0.15) is 0 Å². The Hall–Kier alpha value is -3.26. The average Bonchev–Trinajstić information content (AvgIpc) is 3.03. The molecular formula is C23H26N4O4. The standard InChI is InChI=1S/C23H26N4O4/c1-13-11-24-15(3)14(2)18(13)10-16-4-6-17(7-5-16)20(28)25-19-8-9-31-12-23(19)21(29)26-22(30)27-23/h4-7,11,19H,8-10,12H2,1-3H3,(H,25,28)(H2,26,27,29,30). The molecule has 31 heavy (non-hydrogen) atoms. The van der Waals surface area contributed by atoms with Crippen molar-refractivity contribution >= 4 is 17.8 Å². The van der Waals surface area contributed by atoms with E-state index in [-0.39, 0.29) is 12.5 Å². The van der Waals surface area contributed by atoms with Crippen molar-refractivity contribution in [3.63, 3.8) is 0 Å². The highest BCUT2D eigenvalue weighted by Crippen LogP contribution is 2.24. The molecule has 3 heterocycles. The Bertz CT molecular complexity index is 1050. The van der Waals surface area contributed by atoms with E-state index >= 15 is 0 Å². The van der Waals surface area contributed by atoms with Gasteiger partial charge in [0.2, 0.25) is 0 Å². The first-order chi connectivity index (χ1) is 14.8. The minimum Gasteiger partial charge on any atom is -0.378 e. The molecule has 0 saturated carbocycles. The van der Waals surface area contributed by atoms with Crippen LogP contribution in [0.3, 0.4) is 0 Å². The number of carbonyl (C=O) groups excluding carboxylic acids is 3. The van der Waals surface area contributed by atoms with Gasteiger partial charge in [-0.25, -0.2) is 4.79 Å². The van der Waals surface area contributed by atoms with Crippen molar-refractivity contribution in [1.29, 1.82) is 0 Å². The number of carbonyl (C=O) groups is 3. The summed E-state index contributed by atoms with van der Waals surface area (Å²) in [7, 11) is 0. The second-order valence-corrected chi connectivity index (χ2v) is 8.25. The molecule has 0 bridgehead atoms. The fraction of sp³-hybridized carbons (Fsp3) is 0.391. The number of nitrogens with one attached hydrogen (secondary N) is 3. The van der Waals surface area contributed by atoms with Crippen molar-refractivity contribution < 1.29 is 19.1 Å². The molecule has 0 radical (unpaired) electrons. The van der Waals surface area contributed by atoms with E-state index < -0.39 is 23.5 Å². The average molecular weight is 422 g/mol. The predicted octanol–water partition coefficient (Wildman–Crippen LogP) is 1.69. The zero-order valence-electron chi connectivity index (χ0n) is 17.9. The van der Waals surface area contributed by atoms with Crippen LogP contribution < -0.4 is 16.0 Å². The summed E-state index contributed by atoms with van der Waals surface area (Å²) in [5.41, 5.74) is 4.92. The Balaban J connectivity index is 1.48. The molecule has 162 valence electrons. The Morgan fingerprint density at radius 1 is 1.23 bits per heavy atom. The first-order valence-corrected chi connectivity index (χ1v) is 10.3. The molecule has 1 aromatic heterocycles. The number of benzene rings is 1. The summed E-state index contributed by atoms with van der Waals surface area (Å²) in [6.45, 7) is 6.56. The van der Waals surface area contributed by atoms with Crippen LogP contribution in [0, 0.1) is 20.8 Å². The minimum atomic E-state index is -1.26. The summed E-state index contributed by atoms with van der Waals surface area (Å²) in [5.74, 6) is -0.768. The number of aromatic nitrogens is 1. The molecule has 4 amide bonds. The topological polar surface area (TPSA) is 109 Å². The van der Waals surface area contributed by atoms with Gasteiger partial charge in [0.05, 0.1) is 12.6 Å². The van der Waals surface area contributed by atoms with Gasteiger partial charge in [-0.2, -0.15) is 0 Å². The van der Waals surface area contributed by atoms with Crippen LogP contribution in [0.5, 0.6) is 0 Å². The van der Waals surface area contributed by atoms with Crippen molar-refractivity contribution in [2.24, 2.45) is 0 Å². The number of amides is 4. The van der Waals surface area contributed by atoms with Gasteiger partial charge in [0.25, 0.3) is 11.8 Å². The van der Waals surface area contributed by atoms with Gasteiger partial charge < -0.3 is 15.4 Å². The SMILES string of the molecule is Cc1cnc(C)c(C)c1Cc1ccc(C(=O)NC2CCOCC23NC(=O)NC3=O)cc1. The van der Waals surface area contributed by atoms with E-state index in [1.165, 1.54) is 11.1 Å². The Morgan fingerprint density at radius 3 is 2.65 bits per heavy atom. The number of hydrogen-bond acceptors (Lipinski definition) is 5. The second kappa shape index (κ2) is 8.11. The Kier molecular flexibility index (Phi) is 5.49. The van der Waals surface area contributed by atoms with Gasteiger partial charge in [0.15, 0.2) is 5.54 Å². The van der Waals surface area contributed by atoms with Crippen molar-refractivity contribution in [2.75, 3.05) is 13.2 Å². The van der Waals surface area contributed by atoms with Gasteiger partial charge in [0, 0.05) is 24.1 Å². The van der Waals surface area contributed by atoms with Crippen molar-refractivity contribution in [1.82, 2.24) is 20.9 Å². The first-order valence-electron chi connectivity index (χ1n) is 10.3. The molecule has 2 atom stereocenters. The van der Waals surface area contributed by atoms with E-state index in [1.54, 1.807) is 12.1 Å². The lowest BCUT2D eigenvalue weighted by molar-refractivity contribution is -0.130. The zero-order chi connectivity index (χ0) is 22.2. The molecule has 4 rings (SSSR count). The number of hydrogen-bond donors (Lipinski definition) is 3. The van der Waals surface area contributed by atoms with Crippen LogP contribution in [0.4, 0.5) is 4.79 Å². The lowest BCUT2D eigenvalue weighted by Gasteiger charge is -2.38. The molecule has 1 aromatic carbocycles. The van der Waals surface area contributed by atoms with Gasteiger partial charge in [-0.3, -0.25) is 19.9 Å². The normalized spacial score (nSPS) is 22.9. The minimum absolute atomic E-state index is 0.0263. The summed E-state index contributed by atoms with van der Waals surface area (Å²) in [4.78, 5) is 41.3. The maximum Gasteiger partial charge on any atom is 0.322 e. The van der Waals surface area contributed by atoms with Crippen LogP contribution in [-0.4, -0.2) is 47.6 Å². The van der Waals surface area contributed by atoms with Crippen LogP contribution in [0.15, 0.2) is 30.5 Å². The van der Waals surface area contributed by atoms with E-state index in [0.717, 1.165) is 23.2 Å². The highest BCUT2D eigenvalue weighted by Gasteiger charge is 2.54. The van der Waals surface area contributed by atoms with E-state index in [2.05, 4.69) is 34.8 Å².